The van der Waals surface area contributed by atoms with Crippen LogP contribution in [0.2, 0.25) is 0 Å². The Labute approximate surface area is 89.4 Å². The molecule has 0 aliphatic rings. The van der Waals surface area contributed by atoms with Crippen LogP contribution < -0.4 is 11.1 Å². The summed E-state index contributed by atoms with van der Waals surface area (Å²) >= 11 is 0. The van der Waals surface area contributed by atoms with Gasteiger partial charge >= 0.3 is 0 Å². The first-order valence-corrected chi connectivity index (χ1v) is 4.95. The van der Waals surface area contributed by atoms with E-state index < -0.39 is 0 Å². The van der Waals surface area contributed by atoms with E-state index in [-0.39, 0.29) is 17.9 Å². The smallest absolute Gasteiger partial charge is 0.239 e. The Balaban J connectivity index is 2.60. The van der Waals surface area contributed by atoms with Gasteiger partial charge in [-0.05, 0) is 11.8 Å². The van der Waals surface area contributed by atoms with Crippen molar-refractivity contribution in [1.82, 2.24) is 10.2 Å². The Hall–Kier alpha value is -1.36. The fourth-order valence-electron chi connectivity index (χ4n) is 1.28. The predicted molar refractivity (Wildman–Crippen MR) is 59.4 cm³/mol. The number of rotatable bonds is 3. The van der Waals surface area contributed by atoms with Gasteiger partial charge < -0.3 is 11.1 Å². The number of anilines is 1. The first-order chi connectivity index (χ1) is 6.90. The van der Waals surface area contributed by atoms with Crippen molar-refractivity contribution in [3.63, 3.8) is 0 Å². The molecule has 5 heteroatoms. The highest BCUT2D eigenvalue weighted by Crippen LogP contribution is 2.20. The number of nitrogens with zero attached hydrogens (tertiary/aromatic N) is 1. The lowest BCUT2D eigenvalue weighted by Gasteiger charge is -2.15. The molecule has 1 rings (SSSR count). The summed E-state index contributed by atoms with van der Waals surface area (Å²) in [6.45, 7) is 6.41. The molecule has 1 aromatic rings. The molecule has 1 amide bonds. The molecule has 0 bridgehead atoms. The van der Waals surface area contributed by atoms with E-state index in [1.807, 2.05) is 6.07 Å². The second kappa shape index (κ2) is 4.44. The summed E-state index contributed by atoms with van der Waals surface area (Å²) in [5.74, 6) is 0.300. The van der Waals surface area contributed by atoms with Gasteiger partial charge in [-0.15, -0.1) is 0 Å². The van der Waals surface area contributed by atoms with E-state index in [9.17, 15) is 4.79 Å². The third-order valence-corrected chi connectivity index (χ3v) is 1.80. The minimum Gasteiger partial charge on any atom is -0.322 e. The fourth-order valence-corrected chi connectivity index (χ4v) is 1.28. The van der Waals surface area contributed by atoms with Gasteiger partial charge in [-0.3, -0.25) is 9.89 Å². The molecule has 15 heavy (non-hydrogen) atoms. The van der Waals surface area contributed by atoms with Gasteiger partial charge in [0.05, 0.1) is 6.54 Å². The molecule has 0 aliphatic heterocycles. The van der Waals surface area contributed by atoms with Gasteiger partial charge in [0.2, 0.25) is 5.91 Å². The van der Waals surface area contributed by atoms with Crippen molar-refractivity contribution in [3.05, 3.63) is 11.8 Å². The van der Waals surface area contributed by atoms with Crippen LogP contribution in [-0.2, 0) is 11.2 Å². The molecule has 0 aromatic carbocycles. The van der Waals surface area contributed by atoms with Crippen molar-refractivity contribution in [2.75, 3.05) is 11.9 Å². The highest BCUT2D eigenvalue weighted by molar-refractivity contribution is 5.91. The predicted octanol–water partition coefficient (Wildman–Crippen LogP) is 0.895. The molecule has 0 radical (unpaired) electrons. The van der Waals surface area contributed by atoms with Crippen LogP contribution in [0.25, 0.3) is 0 Å². The first kappa shape index (κ1) is 11.7. The molecule has 0 fully saturated rings. The summed E-state index contributed by atoms with van der Waals surface area (Å²) in [4.78, 5) is 11.0. The van der Waals surface area contributed by atoms with Crippen LogP contribution in [0.4, 0.5) is 5.82 Å². The van der Waals surface area contributed by atoms with E-state index in [2.05, 4.69) is 36.3 Å². The lowest BCUT2D eigenvalue weighted by atomic mass is 9.91. The van der Waals surface area contributed by atoms with E-state index in [1.54, 1.807) is 0 Å². The molecule has 0 atom stereocenters. The summed E-state index contributed by atoms with van der Waals surface area (Å²) in [6, 6.07) is 1.83. The number of amides is 1. The van der Waals surface area contributed by atoms with Crippen LogP contribution in [0, 0.1) is 5.41 Å². The van der Waals surface area contributed by atoms with Crippen LogP contribution in [0.1, 0.15) is 26.5 Å². The number of nitrogens with one attached hydrogen (secondary N) is 2. The zero-order valence-corrected chi connectivity index (χ0v) is 9.42. The van der Waals surface area contributed by atoms with Crippen LogP contribution in [-0.4, -0.2) is 22.6 Å². The quantitative estimate of drug-likeness (QED) is 0.693. The summed E-state index contributed by atoms with van der Waals surface area (Å²) in [6.07, 6.45) is 0.887. The zero-order chi connectivity index (χ0) is 11.5. The van der Waals surface area contributed by atoms with E-state index >= 15 is 0 Å². The molecule has 84 valence electrons. The number of nitrogens with two attached hydrogens (primary N) is 1. The van der Waals surface area contributed by atoms with E-state index in [1.165, 1.54) is 0 Å². The number of hydrogen-bond donors (Lipinski definition) is 3. The van der Waals surface area contributed by atoms with Gasteiger partial charge in [0.15, 0.2) is 5.82 Å². The van der Waals surface area contributed by atoms with E-state index in [4.69, 9.17) is 5.73 Å². The molecule has 4 N–H and O–H groups in total. The van der Waals surface area contributed by atoms with Crippen molar-refractivity contribution in [3.8, 4) is 0 Å². The number of hydrogen-bond acceptors (Lipinski definition) is 3. The number of carbonyl (C=O) groups is 1. The average molecular weight is 210 g/mol. The second-order valence-electron chi connectivity index (χ2n) is 4.77. The van der Waals surface area contributed by atoms with Gasteiger partial charge in [0, 0.05) is 11.8 Å². The Bertz CT molecular complexity index is 337. The topological polar surface area (TPSA) is 83.8 Å². The zero-order valence-electron chi connectivity index (χ0n) is 9.42. The van der Waals surface area contributed by atoms with Crippen molar-refractivity contribution < 1.29 is 4.79 Å². The second-order valence-corrected chi connectivity index (χ2v) is 4.77. The maximum Gasteiger partial charge on any atom is 0.239 e. The molecule has 1 heterocycles. The lowest BCUT2D eigenvalue weighted by molar-refractivity contribution is -0.114. The van der Waals surface area contributed by atoms with Gasteiger partial charge in [0.25, 0.3) is 0 Å². The lowest BCUT2D eigenvalue weighted by Crippen LogP contribution is -2.21. The maximum absolute atomic E-state index is 11.0. The molecule has 0 saturated carbocycles. The monoisotopic (exact) mass is 210 g/mol. The van der Waals surface area contributed by atoms with E-state index in [0.717, 1.165) is 12.1 Å². The average Bonchev–Trinajstić information content (AvgIpc) is 2.49. The summed E-state index contributed by atoms with van der Waals surface area (Å²) in [5, 5.41) is 9.45. The highest BCUT2D eigenvalue weighted by Gasteiger charge is 2.13. The number of aromatic nitrogens is 2. The van der Waals surface area contributed by atoms with Gasteiger partial charge in [-0.1, -0.05) is 20.8 Å². The summed E-state index contributed by atoms with van der Waals surface area (Å²) in [5.41, 5.74) is 6.38. The standard InChI is InChI=1S/C10H18N4O/c1-10(2,3)5-7-4-8(14-13-7)12-9(15)6-11/h4H,5-6,11H2,1-3H3,(H2,12,13,14,15). The van der Waals surface area contributed by atoms with Crippen molar-refractivity contribution in [2.24, 2.45) is 11.1 Å². The van der Waals surface area contributed by atoms with Crippen molar-refractivity contribution >= 4 is 11.7 Å². The Kier molecular flexibility index (Phi) is 3.47. The summed E-state index contributed by atoms with van der Waals surface area (Å²) < 4.78 is 0. The van der Waals surface area contributed by atoms with Crippen molar-refractivity contribution in [2.45, 2.75) is 27.2 Å². The molecule has 0 aliphatic carbocycles. The van der Waals surface area contributed by atoms with Crippen LogP contribution >= 0.6 is 0 Å². The molecule has 5 nitrogen and oxygen atoms in total. The fraction of sp³-hybridized carbons (Fsp3) is 0.600. The molecule has 0 saturated heterocycles. The number of aromatic amines is 1. The third kappa shape index (κ3) is 4.12. The van der Waals surface area contributed by atoms with Crippen molar-refractivity contribution in [1.29, 1.82) is 0 Å². The van der Waals surface area contributed by atoms with Gasteiger partial charge in [-0.2, -0.15) is 5.10 Å². The Morgan fingerprint density at radius 1 is 1.60 bits per heavy atom. The molecular formula is C10H18N4O. The number of H-pyrrole nitrogens is 1. The minimum atomic E-state index is -0.233. The molecule has 1 aromatic heterocycles. The SMILES string of the molecule is CC(C)(C)Cc1cc(NC(=O)CN)n[nH]1. The minimum absolute atomic E-state index is 0.0263. The van der Waals surface area contributed by atoms with Gasteiger partial charge in [-0.25, -0.2) is 0 Å². The van der Waals surface area contributed by atoms with Crippen LogP contribution in [0.3, 0.4) is 0 Å². The maximum atomic E-state index is 11.0. The van der Waals surface area contributed by atoms with Gasteiger partial charge in [0.1, 0.15) is 0 Å². The van der Waals surface area contributed by atoms with Crippen LogP contribution in [0.5, 0.6) is 0 Å². The normalized spacial score (nSPS) is 11.5. The Morgan fingerprint density at radius 3 is 2.80 bits per heavy atom. The number of carbonyl (C=O) groups excluding carboxylic acids is 1. The Morgan fingerprint density at radius 2 is 2.27 bits per heavy atom. The molecular weight excluding hydrogens is 192 g/mol. The van der Waals surface area contributed by atoms with E-state index in [0.29, 0.717) is 5.82 Å². The molecule has 0 spiro atoms. The van der Waals surface area contributed by atoms with Crippen LogP contribution in [0.15, 0.2) is 6.07 Å². The molecule has 0 unspecified atom stereocenters. The summed E-state index contributed by atoms with van der Waals surface area (Å²) in [7, 11) is 0. The highest BCUT2D eigenvalue weighted by atomic mass is 16.1. The largest absolute Gasteiger partial charge is 0.322 e. The third-order valence-electron chi connectivity index (χ3n) is 1.80. The first-order valence-electron chi connectivity index (χ1n) is 4.95.